The molecule has 138 valence electrons. The number of carboxylic acids is 1. The number of carboxylic acid groups (broad SMARTS) is 1. The van der Waals surface area contributed by atoms with Gasteiger partial charge < -0.3 is 29.2 Å². The van der Waals surface area contributed by atoms with Crippen molar-refractivity contribution in [3.05, 3.63) is 36.4 Å². The topological polar surface area (TPSA) is 82.1 Å². The SMILES string of the molecule is COc1ccccc1N1CCN(C(=O)C2C3C=CC(O3)C2C(=O)[O-])CC1. The average molecular weight is 357 g/mol. The van der Waals surface area contributed by atoms with Crippen molar-refractivity contribution in [3.63, 3.8) is 0 Å². The maximum Gasteiger partial charge on any atom is 0.229 e. The number of ether oxygens (including phenoxy) is 2. The van der Waals surface area contributed by atoms with Crippen molar-refractivity contribution in [1.29, 1.82) is 0 Å². The summed E-state index contributed by atoms with van der Waals surface area (Å²) in [4.78, 5) is 28.3. The molecule has 1 aromatic carbocycles. The van der Waals surface area contributed by atoms with Crippen LogP contribution in [-0.2, 0) is 14.3 Å². The Morgan fingerprint density at radius 3 is 2.38 bits per heavy atom. The predicted octanol–water partition coefficient (Wildman–Crippen LogP) is -0.337. The molecule has 26 heavy (non-hydrogen) atoms. The van der Waals surface area contributed by atoms with Crippen molar-refractivity contribution in [1.82, 2.24) is 4.90 Å². The number of carbonyl (C=O) groups excluding carboxylic acids is 2. The normalized spacial score (nSPS) is 29.9. The van der Waals surface area contributed by atoms with Crippen LogP contribution in [0.15, 0.2) is 36.4 Å². The van der Waals surface area contributed by atoms with Gasteiger partial charge in [0.15, 0.2) is 0 Å². The summed E-state index contributed by atoms with van der Waals surface area (Å²) in [7, 11) is 1.64. The first-order valence-corrected chi connectivity index (χ1v) is 8.81. The number of aliphatic carboxylic acids is 1. The lowest BCUT2D eigenvalue weighted by Gasteiger charge is -2.39. The van der Waals surface area contributed by atoms with E-state index in [0.29, 0.717) is 26.2 Å². The third kappa shape index (κ3) is 2.72. The highest BCUT2D eigenvalue weighted by molar-refractivity contribution is 5.87. The molecule has 0 aliphatic carbocycles. The van der Waals surface area contributed by atoms with Gasteiger partial charge in [0.25, 0.3) is 0 Å². The highest BCUT2D eigenvalue weighted by Crippen LogP contribution is 2.40. The predicted molar refractivity (Wildman–Crippen MR) is 91.6 cm³/mol. The molecule has 3 aliphatic rings. The molecule has 0 N–H and O–H groups in total. The second-order valence-electron chi connectivity index (χ2n) is 6.80. The Kier molecular flexibility index (Phi) is 4.32. The van der Waals surface area contributed by atoms with Gasteiger partial charge in [-0.25, -0.2) is 0 Å². The van der Waals surface area contributed by atoms with Crippen molar-refractivity contribution in [2.75, 3.05) is 38.2 Å². The van der Waals surface area contributed by atoms with Gasteiger partial charge in [-0.05, 0) is 12.1 Å². The Bertz CT molecular complexity index is 741. The zero-order valence-corrected chi connectivity index (χ0v) is 14.5. The number of fused-ring (bicyclic) bond motifs is 2. The number of carbonyl (C=O) groups is 2. The Morgan fingerprint density at radius 2 is 1.73 bits per heavy atom. The summed E-state index contributed by atoms with van der Waals surface area (Å²) in [5, 5.41) is 11.5. The molecule has 4 rings (SSSR count). The fourth-order valence-corrected chi connectivity index (χ4v) is 4.15. The summed E-state index contributed by atoms with van der Waals surface area (Å²) in [6.45, 7) is 2.40. The number of nitrogens with zero attached hydrogens (tertiary/aromatic N) is 2. The lowest BCUT2D eigenvalue weighted by Crippen LogP contribution is -2.54. The summed E-state index contributed by atoms with van der Waals surface area (Å²) >= 11 is 0. The van der Waals surface area contributed by atoms with Gasteiger partial charge in [-0.2, -0.15) is 0 Å². The third-order valence-electron chi connectivity index (χ3n) is 5.47. The first-order valence-electron chi connectivity index (χ1n) is 8.81. The van der Waals surface area contributed by atoms with Gasteiger partial charge in [-0.15, -0.1) is 0 Å². The van der Waals surface area contributed by atoms with E-state index in [0.717, 1.165) is 11.4 Å². The number of benzene rings is 1. The second-order valence-corrected chi connectivity index (χ2v) is 6.80. The van der Waals surface area contributed by atoms with Crippen LogP contribution in [-0.4, -0.2) is 62.3 Å². The van der Waals surface area contributed by atoms with Crippen LogP contribution in [0.1, 0.15) is 0 Å². The van der Waals surface area contributed by atoms with Crippen molar-refractivity contribution in [2.24, 2.45) is 11.8 Å². The number of piperazine rings is 1. The van der Waals surface area contributed by atoms with Crippen LogP contribution in [0.5, 0.6) is 5.75 Å². The van der Waals surface area contributed by atoms with Gasteiger partial charge in [-0.1, -0.05) is 24.3 Å². The quantitative estimate of drug-likeness (QED) is 0.686. The summed E-state index contributed by atoms with van der Waals surface area (Å²) in [6, 6.07) is 7.79. The Hall–Kier alpha value is -2.54. The molecule has 2 saturated heterocycles. The molecule has 2 fully saturated rings. The minimum Gasteiger partial charge on any atom is -0.550 e. The molecular formula is C19H21N2O5-. The molecular weight excluding hydrogens is 336 g/mol. The van der Waals surface area contributed by atoms with Crippen LogP contribution < -0.4 is 14.7 Å². The molecule has 4 atom stereocenters. The van der Waals surface area contributed by atoms with E-state index in [2.05, 4.69) is 4.90 Å². The standard InChI is InChI=1S/C19H22N2O5/c1-25-13-5-3-2-4-12(13)20-8-10-21(11-9-20)18(22)16-14-6-7-15(26-14)17(16)19(23)24/h2-7,14-17H,8-11H2,1H3,(H,23,24)/p-1. The zero-order chi connectivity index (χ0) is 18.3. The van der Waals surface area contributed by atoms with E-state index < -0.39 is 30.0 Å². The number of para-hydroxylation sites is 2. The van der Waals surface area contributed by atoms with Gasteiger partial charge in [0.1, 0.15) is 5.75 Å². The zero-order valence-electron chi connectivity index (χ0n) is 14.5. The molecule has 1 aromatic rings. The van der Waals surface area contributed by atoms with Crippen LogP contribution in [0.25, 0.3) is 0 Å². The van der Waals surface area contributed by atoms with E-state index in [1.807, 2.05) is 24.3 Å². The minimum atomic E-state index is -1.21. The minimum absolute atomic E-state index is 0.157. The fourth-order valence-electron chi connectivity index (χ4n) is 4.15. The van der Waals surface area contributed by atoms with Gasteiger partial charge >= 0.3 is 0 Å². The number of rotatable bonds is 4. The van der Waals surface area contributed by atoms with Crippen LogP contribution in [0.4, 0.5) is 5.69 Å². The van der Waals surface area contributed by atoms with Gasteiger partial charge in [0, 0.05) is 38.1 Å². The summed E-state index contributed by atoms with van der Waals surface area (Å²) < 4.78 is 11.0. The Labute approximate surface area is 151 Å². The molecule has 2 bridgehead atoms. The lowest BCUT2D eigenvalue weighted by atomic mass is 9.82. The molecule has 0 aromatic heterocycles. The number of amides is 1. The van der Waals surface area contributed by atoms with Crippen molar-refractivity contribution < 1.29 is 24.2 Å². The van der Waals surface area contributed by atoms with Gasteiger partial charge in [0.05, 0.1) is 30.9 Å². The lowest BCUT2D eigenvalue weighted by molar-refractivity contribution is -0.313. The van der Waals surface area contributed by atoms with Crippen molar-refractivity contribution >= 4 is 17.6 Å². The highest BCUT2D eigenvalue weighted by Gasteiger charge is 2.51. The molecule has 7 heteroatoms. The summed E-state index contributed by atoms with van der Waals surface area (Å²) in [5.41, 5.74) is 1.00. The van der Waals surface area contributed by atoms with Crippen molar-refractivity contribution in [2.45, 2.75) is 12.2 Å². The fraction of sp³-hybridized carbons (Fsp3) is 0.474. The van der Waals surface area contributed by atoms with E-state index in [1.54, 1.807) is 24.2 Å². The smallest absolute Gasteiger partial charge is 0.229 e. The van der Waals surface area contributed by atoms with Crippen LogP contribution in [0.2, 0.25) is 0 Å². The monoisotopic (exact) mass is 357 g/mol. The molecule has 3 aliphatic heterocycles. The molecule has 4 unspecified atom stereocenters. The maximum absolute atomic E-state index is 12.9. The van der Waals surface area contributed by atoms with Gasteiger partial charge in [0.2, 0.25) is 5.91 Å². The molecule has 0 radical (unpaired) electrons. The molecule has 1 amide bonds. The number of hydrogen-bond acceptors (Lipinski definition) is 6. The summed E-state index contributed by atoms with van der Waals surface area (Å²) in [5.74, 6) is -2.16. The van der Waals surface area contributed by atoms with Crippen LogP contribution in [0, 0.1) is 11.8 Å². The largest absolute Gasteiger partial charge is 0.550 e. The maximum atomic E-state index is 12.9. The average Bonchev–Trinajstić information content (AvgIpc) is 3.29. The Morgan fingerprint density at radius 1 is 1.08 bits per heavy atom. The van der Waals surface area contributed by atoms with Crippen molar-refractivity contribution in [3.8, 4) is 5.75 Å². The Balaban J connectivity index is 1.44. The van der Waals surface area contributed by atoms with Crippen LogP contribution in [0.3, 0.4) is 0 Å². The van der Waals surface area contributed by atoms with E-state index in [1.165, 1.54) is 0 Å². The molecule has 0 spiro atoms. The molecule has 7 nitrogen and oxygen atoms in total. The van der Waals surface area contributed by atoms with Crippen LogP contribution >= 0.6 is 0 Å². The molecule has 3 heterocycles. The second kappa shape index (κ2) is 6.64. The number of anilines is 1. The van der Waals surface area contributed by atoms with E-state index in [-0.39, 0.29) is 5.91 Å². The van der Waals surface area contributed by atoms with Gasteiger partial charge in [-0.3, -0.25) is 4.79 Å². The first kappa shape index (κ1) is 16.9. The number of methoxy groups -OCH3 is 1. The summed E-state index contributed by atoms with van der Waals surface area (Å²) in [6.07, 6.45) is 2.50. The van der Waals surface area contributed by atoms with E-state index >= 15 is 0 Å². The number of hydrogen-bond donors (Lipinski definition) is 0. The molecule has 0 saturated carbocycles. The highest BCUT2D eigenvalue weighted by atomic mass is 16.5. The van der Waals surface area contributed by atoms with E-state index in [9.17, 15) is 14.7 Å². The van der Waals surface area contributed by atoms with E-state index in [4.69, 9.17) is 9.47 Å². The first-order chi connectivity index (χ1) is 12.6. The third-order valence-corrected chi connectivity index (χ3v) is 5.47.